The number of ether oxygens (including phenoxy) is 2. The number of morpholine rings is 1. The monoisotopic (exact) mass is 330 g/mol. The number of esters is 1. The van der Waals surface area contributed by atoms with E-state index in [4.69, 9.17) is 14.7 Å². The molecule has 0 unspecified atom stereocenters. The van der Waals surface area contributed by atoms with E-state index in [1.165, 1.54) is 0 Å². The van der Waals surface area contributed by atoms with Crippen LogP contribution >= 0.6 is 0 Å². The zero-order valence-electron chi connectivity index (χ0n) is 14.0. The van der Waals surface area contributed by atoms with Gasteiger partial charge in [-0.1, -0.05) is 12.1 Å². The zero-order chi connectivity index (χ0) is 17.5. The standard InChI is InChI=1S/C18H22N2O4/c1-13-10-20(11-14(2)24-13)17(21)12-23-18(22)8-7-15-3-5-16(9-19)6-4-15/h3-6,13-14H,7-8,10-12H2,1-2H3/t13-,14-/m1/s1. The fourth-order valence-electron chi connectivity index (χ4n) is 2.68. The van der Waals surface area contributed by atoms with E-state index in [1.54, 1.807) is 17.0 Å². The molecule has 24 heavy (non-hydrogen) atoms. The zero-order valence-corrected chi connectivity index (χ0v) is 14.0. The average molecular weight is 330 g/mol. The molecule has 1 aliphatic heterocycles. The van der Waals surface area contributed by atoms with Crippen LogP contribution in [0.4, 0.5) is 0 Å². The first-order valence-corrected chi connectivity index (χ1v) is 8.06. The molecule has 1 saturated heterocycles. The van der Waals surface area contributed by atoms with E-state index in [2.05, 4.69) is 0 Å². The minimum atomic E-state index is -0.401. The smallest absolute Gasteiger partial charge is 0.306 e. The summed E-state index contributed by atoms with van der Waals surface area (Å²) in [5.41, 5.74) is 1.54. The molecule has 0 spiro atoms. The third-order valence-corrected chi connectivity index (χ3v) is 3.83. The molecule has 0 radical (unpaired) electrons. The molecule has 0 aliphatic carbocycles. The van der Waals surface area contributed by atoms with E-state index in [0.29, 0.717) is 25.1 Å². The van der Waals surface area contributed by atoms with Crippen LogP contribution in [0.1, 0.15) is 31.4 Å². The quantitative estimate of drug-likeness (QED) is 0.767. The van der Waals surface area contributed by atoms with Crippen LogP contribution in [0.2, 0.25) is 0 Å². The number of hydrogen-bond acceptors (Lipinski definition) is 5. The van der Waals surface area contributed by atoms with Crippen molar-refractivity contribution in [2.24, 2.45) is 0 Å². The number of aryl methyl sites for hydroxylation is 1. The van der Waals surface area contributed by atoms with Gasteiger partial charge in [-0.2, -0.15) is 5.26 Å². The van der Waals surface area contributed by atoms with Gasteiger partial charge >= 0.3 is 5.97 Å². The fourth-order valence-corrected chi connectivity index (χ4v) is 2.68. The van der Waals surface area contributed by atoms with E-state index >= 15 is 0 Å². The third kappa shape index (κ3) is 5.36. The number of nitriles is 1. The van der Waals surface area contributed by atoms with Crippen LogP contribution in [0.15, 0.2) is 24.3 Å². The van der Waals surface area contributed by atoms with Crippen molar-refractivity contribution >= 4 is 11.9 Å². The summed E-state index contributed by atoms with van der Waals surface area (Å²) < 4.78 is 10.6. The molecular formula is C18H22N2O4. The molecule has 1 aromatic carbocycles. The summed E-state index contributed by atoms with van der Waals surface area (Å²) in [6, 6.07) is 9.10. The van der Waals surface area contributed by atoms with Crippen molar-refractivity contribution in [3.05, 3.63) is 35.4 Å². The van der Waals surface area contributed by atoms with E-state index in [9.17, 15) is 9.59 Å². The van der Waals surface area contributed by atoms with Crippen LogP contribution in [-0.4, -0.2) is 48.7 Å². The molecule has 1 fully saturated rings. The summed E-state index contributed by atoms with van der Waals surface area (Å²) in [6.45, 7) is 4.64. The van der Waals surface area contributed by atoms with Crippen molar-refractivity contribution in [3.63, 3.8) is 0 Å². The number of carbonyl (C=O) groups excluding carboxylic acids is 2. The molecule has 2 atom stereocenters. The predicted octanol–water partition coefficient (Wildman–Crippen LogP) is 1.67. The van der Waals surface area contributed by atoms with Gasteiger partial charge in [0.25, 0.3) is 5.91 Å². The van der Waals surface area contributed by atoms with E-state index in [-0.39, 0.29) is 31.1 Å². The molecule has 0 N–H and O–H groups in total. The molecule has 1 aromatic rings. The lowest BCUT2D eigenvalue weighted by atomic mass is 10.1. The molecule has 1 amide bonds. The highest BCUT2D eigenvalue weighted by Gasteiger charge is 2.26. The Labute approximate surface area is 142 Å². The molecular weight excluding hydrogens is 308 g/mol. The molecule has 128 valence electrons. The maximum atomic E-state index is 12.1. The molecule has 1 heterocycles. The van der Waals surface area contributed by atoms with Gasteiger partial charge in [0.15, 0.2) is 6.61 Å². The van der Waals surface area contributed by atoms with Gasteiger partial charge in [-0.15, -0.1) is 0 Å². The van der Waals surface area contributed by atoms with Gasteiger partial charge in [-0.05, 0) is 38.0 Å². The lowest BCUT2D eigenvalue weighted by molar-refractivity contribution is -0.157. The Hall–Kier alpha value is -2.39. The van der Waals surface area contributed by atoms with Gasteiger partial charge < -0.3 is 14.4 Å². The van der Waals surface area contributed by atoms with Crippen molar-refractivity contribution in [1.29, 1.82) is 5.26 Å². The maximum Gasteiger partial charge on any atom is 0.306 e. The van der Waals surface area contributed by atoms with E-state index < -0.39 is 5.97 Å². The normalized spacial score (nSPS) is 20.3. The van der Waals surface area contributed by atoms with Crippen molar-refractivity contribution in [2.45, 2.75) is 38.9 Å². The lowest BCUT2D eigenvalue weighted by Crippen LogP contribution is -2.49. The number of rotatable bonds is 5. The Morgan fingerprint density at radius 2 is 1.88 bits per heavy atom. The summed E-state index contributed by atoms with van der Waals surface area (Å²) in [5.74, 6) is -0.592. The van der Waals surface area contributed by atoms with Gasteiger partial charge in [-0.25, -0.2) is 0 Å². The summed E-state index contributed by atoms with van der Waals surface area (Å²) in [6.07, 6.45) is 0.703. The second-order valence-electron chi connectivity index (χ2n) is 6.03. The highest BCUT2D eigenvalue weighted by molar-refractivity contribution is 5.80. The van der Waals surface area contributed by atoms with Gasteiger partial charge in [0.1, 0.15) is 0 Å². The summed E-state index contributed by atoms with van der Waals surface area (Å²) in [4.78, 5) is 25.6. The highest BCUT2D eigenvalue weighted by Crippen LogP contribution is 2.11. The second-order valence-corrected chi connectivity index (χ2v) is 6.03. The lowest BCUT2D eigenvalue weighted by Gasteiger charge is -2.35. The number of carbonyl (C=O) groups is 2. The van der Waals surface area contributed by atoms with Gasteiger partial charge in [0, 0.05) is 19.5 Å². The molecule has 0 aromatic heterocycles. The van der Waals surface area contributed by atoms with Gasteiger partial charge in [0.2, 0.25) is 0 Å². The highest BCUT2D eigenvalue weighted by atomic mass is 16.5. The van der Waals surface area contributed by atoms with Gasteiger partial charge in [-0.3, -0.25) is 9.59 Å². The van der Waals surface area contributed by atoms with Crippen molar-refractivity contribution in [1.82, 2.24) is 4.90 Å². The summed E-state index contributed by atoms with van der Waals surface area (Å²) in [7, 11) is 0. The van der Waals surface area contributed by atoms with Crippen molar-refractivity contribution in [3.8, 4) is 6.07 Å². The van der Waals surface area contributed by atoms with Crippen LogP contribution in [0, 0.1) is 11.3 Å². The van der Waals surface area contributed by atoms with Gasteiger partial charge in [0.05, 0.1) is 23.8 Å². The third-order valence-electron chi connectivity index (χ3n) is 3.83. The molecule has 2 rings (SSSR count). The largest absolute Gasteiger partial charge is 0.456 e. The fraction of sp³-hybridized carbons (Fsp3) is 0.500. The summed E-state index contributed by atoms with van der Waals surface area (Å²) in [5, 5.41) is 8.74. The minimum Gasteiger partial charge on any atom is -0.456 e. The van der Waals surface area contributed by atoms with Crippen LogP contribution in [0.5, 0.6) is 0 Å². The van der Waals surface area contributed by atoms with Crippen LogP contribution in [0.25, 0.3) is 0 Å². The van der Waals surface area contributed by atoms with Crippen LogP contribution < -0.4 is 0 Å². The first-order chi connectivity index (χ1) is 11.5. The van der Waals surface area contributed by atoms with Crippen molar-refractivity contribution < 1.29 is 19.1 Å². The first kappa shape index (κ1) is 18.0. The Morgan fingerprint density at radius 3 is 2.46 bits per heavy atom. The maximum absolute atomic E-state index is 12.1. The Balaban J connectivity index is 1.72. The predicted molar refractivity (Wildman–Crippen MR) is 87.0 cm³/mol. The summed E-state index contributed by atoms with van der Waals surface area (Å²) >= 11 is 0. The number of hydrogen-bond donors (Lipinski definition) is 0. The topological polar surface area (TPSA) is 79.6 Å². The molecule has 0 saturated carbocycles. The van der Waals surface area contributed by atoms with E-state index in [0.717, 1.165) is 5.56 Å². The molecule has 0 bridgehead atoms. The number of nitrogens with zero attached hydrogens (tertiary/aromatic N) is 2. The Kier molecular flexibility index (Phi) is 6.33. The average Bonchev–Trinajstić information content (AvgIpc) is 2.57. The van der Waals surface area contributed by atoms with Crippen LogP contribution in [0.3, 0.4) is 0 Å². The number of benzene rings is 1. The molecule has 6 nitrogen and oxygen atoms in total. The van der Waals surface area contributed by atoms with Crippen molar-refractivity contribution in [2.75, 3.05) is 19.7 Å². The SMILES string of the molecule is C[C@@H]1CN(C(=O)COC(=O)CCc2ccc(C#N)cc2)C[C@@H](C)O1. The van der Waals surface area contributed by atoms with E-state index in [1.807, 2.05) is 32.0 Å². The van der Waals surface area contributed by atoms with Crippen LogP contribution in [-0.2, 0) is 25.5 Å². The first-order valence-electron chi connectivity index (χ1n) is 8.06. The Morgan fingerprint density at radius 1 is 1.25 bits per heavy atom. The second kappa shape index (κ2) is 8.46. The molecule has 6 heteroatoms. The molecule has 1 aliphatic rings. The number of amides is 1. The minimum absolute atomic E-state index is 0.00946. The Bertz CT molecular complexity index is 611.